The lowest BCUT2D eigenvalue weighted by Gasteiger charge is -2.42. The van der Waals surface area contributed by atoms with Crippen LogP contribution in [0.1, 0.15) is 25.7 Å². The van der Waals surface area contributed by atoms with E-state index >= 15 is 0 Å². The molecular formula is C14H23NO5. The Bertz CT molecular complexity index is 369. The summed E-state index contributed by atoms with van der Waals surface area (Å²) < 4.78 is 16.3. The predicted molar refractivity (Wildman–Crippen MR) is 70.3 cm³/mol. The molecule has 4 atom stereocenters. The molecule has 0 saturated carbocycles. The van der Waals surface area contributed by atoms with Crippen molar-refractivity contribution in [3.63, 3.8) is 0 Å². The molecule has 1 spiro atoms. The number of nitrogens with zero attached hydrogens (tertiary/aromatic N) is 1. The summed E-state index contributed by atoms with van der Waals surface area (Å²) in [5, 5.41) is 9.90. The minimum atomic E-state index is -0.447. The monoisotopic (exact) mass is 285 g/mol. The molecule has 3 saturated heterocycles. The molecular weight excluding hydrogens is 262 g/mol. The quantitative estimate of drug-likeness (QED) is 0.717. The molecule has 1 N–H and O–H groups in total. The van der Waals surface area contributed by atoms with Crippen molar-refractivity contribution in [3.8, 4) is 0 Å². The first kappa shape index (κ1) is 14.3. The molecule has 6 nitrogen and oxygen atoms in total. The van der Waals surface area contributed by atoms with E-state index < -0.39 is 6.10 Å². The van der Waals surface area contributed by atoms with Crippen molar-refractivity contribution in [1.82, 2.24) is 4.90 Å². The summed E-state index contributed by atoms with van der Waals surface area (Å²) in [6.07, 6.45) is 2.70. The normalized spacial score (nSPS) is 42.2. The maximum atomic E-state index is 11.9. The summed E-state index contributed by atoms with van der Waals surface area (Å²) in [5.41, 5.74) is -0.183. The molecule has 0 aromatic carbocycles. The van der Waals surface area contributed by atoms with Crippen LogP contribution in [0.15, 0.2) is 0 Å². The number of aliphatic hydroxyl groups is 1. The number of methoxy groups -OCH3 is 1. The molecule has 3 rings (SSSR count). The lowest BCUT2D eigenvalue weighted by atomic mass is 9.88. The molecule has 6 heteroatoms. The van der Waals surface area contributed by atoms with Gasteiger partial charge in [-0.05, 0) is 12.8 Å². The fraction of sp³-hybridized carbons (Fsp3) is 0.929. The summed E-state index contributed by atoms with van der Waals surface area (Å²) in [7, 11) is 1.40. The van der Waals surface area contributed by atoms with Gasteiger partial charge in [0.2, 0.25) is 0 Å². The lowest BCUT2D eigenvalue weighted by Crippen LogP contribution is -2.52. The molecule has 114 valence electrons. The first-order chi connectivity index (χ1) is 9.63. The van der Waals surface area contributed by atoms with E-state index in [0.29, 0.717) is 26.2 Å². The fourth-order valence-corrected chi connectivity index (χ4v) is 3.76. The Kier molecular flexibility index (Phi) is 3.99. The maximum absolute atomic E-state index is 11.9. The number of aliphatic hydroxyl groups excluding tert-OH is 1. The van der Waals surface area contributed by atoms with E-state index in [9.17, 15) is 9.90 Å². The molecule has 0 bridgehead atoms. The van der Waals surface area contributed by atoms with Gasteiger partial charge in [0.05, 0.1) is 25.4 Å². The van der Waals surface area contributed by atoms with Crippen LogP contribution in [0.2, 0.25) is 0 Å². The molecule has 20 heavy (non-hydrogen) atoms. The van der Waals surface area contributed by atoms with Crippen molar-refractivity contribution < 1.29 is 24.1 Å². The van der Waals surface area contributed by atoms with E-state index in [4.69, 9.17) is 14.2 Å². The molecule has 0 aliphatic carbocycles. The Morgan fingerprint density at radius 2 is 2.30 bits per heavy atom. The zero-order valence-corrected chi connectivity index (χ0v) is 11.9. The van der Waals surface area contributed by atoms with Gasteiger partial charge >= 0.3 is 5.97 Å². The highest BCUT2D eigenvalue weighted by atomic mass is 16.6. The second-order valence-corrected chi connectivity index (χ2v) is 6.11. The van der Waals surface area contributed by atoms with E-state index in [-0.39, 0.29) is 23.7 Å². The van der Waals surface area contributed by atoms with Gasteiger partial charge < -0.3 is 19.3 Å². The molecule has 4 unspecified atom stereocenters. The van der Waals surface area contributed by atoms with Gasteiger partial charge in [-0.3, -0.25) is 9.69 Å². The highest BCUT2D eigenvalue weighted by Gasteiger charge is 2.47. The van der Waals surface area contributed by atoms with E-state index in [1.165, 1.54) is 7.11 Å². The van der Waals surface area contributed by atoms with Gasteiger partial charge in [0.25, 0.3) is 0 Å². The third-order valence-electron chi connectivity index (χ3n) is 4.79. The first-order valence-electron chi connectivity index (χ1n) is 7.37. The van der Waals surface area contributed by atoms with Gasteiger partial charge in [-0.25, -0.2) is 0 Å². The van der Waals surface area contributed by atoms with E-state index in [1.54, 1.807) is 0 Å². The van der Waals surface area contributed by atoms with Crippen LogP contribution < -0.4 is 0 Å². The Morgan fingerprint density at radius 3 is 3.00 bits per heavy atom. The summed E-state index contributed by atoms with van der Waals surface area (Å²) >= 11 is 0. The van der Waals surface area contributed by atoms with Crippen LogP contribution in [0.3, 0.4) is 0 Å². The number of hydrogen-bond donors (Lipinski definition) is 1. The molecule has 3 heterocycles. The Balaban J connectivity index is 1.72. The molecule has 0 amide bonds. The summed E-state index contributed by atoms with van der Waals surface area (Å²) in [6, 6.07) is -0.0656. The third-order valence-corrected chi connectivity index (χ3v) is 4.79. The van der Waals surface area contributed by atoms with Crippen LogP contribution in [0.4, 0.5) is 0 Å². The molecule has 0 aromatic heterocycles. The van der Waals surface area contributed by atoms with Crippen LogP contribution >= 0.6 is 0 Å². The van der Waals surface area contributed by atoms with Crippen molar-refractivity contribution in [2.24, 2.45) is 0 Å². The Labute approximate surface area is 119 Å². The minimum absolute atomic E-state index is 0.183. The average Bonchev–Trinajstić information content (AvgIpc) is 3.05. The highest BCUT2D eigenvalue weighted by molar-refractivity contribution is 5.76. The summed E-state index contributed by atoms with van der Waals surface area (Å²) in [5.74, 6) is -0.246. The van der Waals surface area contributed by atoms with Crippen molar-refractivity contribution >= 4 is 5.97 Å². The Hall–Kier alpha value is -0.690. The van der Waals surface area contributed by atoms with Gasteiger partial charge in [0, 0.05) is 38.6 Å². The molecule has 3 aliphatic heterocycles. The number of rotatable bonds is 2. The number of likely N-dealkylation sites (tertiary alicyclic amines) is 1. The molecule has 3 fully saturated rings. The number of carbonyl (C=O) groups excluding carboxylic acids is 1. The summed E-state index contributed by atoms with van der Waals surface area (Å²) in [6.45, 7) is 2.62. The van der Waals surface area contributed by atoms with Crippen molar-refractivity contribution in [2.45, 2.75) is 49.5 Å². The second kappa shape index (κ2) is 5.60. The summed E-state index contributed by atoms with van der Waals surface area (Å²) in [4.78, 5) is 14.0. The molecule has 0 aromatic rings. The highest BCUT2D eigenvalue weighted by Crippen LogP contribution is 2.37. The van der Waals surface area contributed by atoms with Crippen molar-refractivity contribution in [2.75, 3.05) is 33.5 Å². The fourth-order valence-electron chi connectivity index (χ4n) is 3.76. The maximum Gasteiger partial charge on any atom is 0.323 e. The zero-order valence-electron chi connectivity index (χ0n) is 11.9. The van der Waals surface area contributed by atoms with Crippen LogP contribution in [0.5, 0.6) is 0 Å². The third kappa shape index (κ3) is 2.57. The number of hydrogen-bond acceptors (Lipinski definition) is 6. The van der Waals surface area contributed by atoms with Gasteiger partial charge in [0.15, 0.2) is 0 Å². The van der Waals surface area contributed by atoms with Crippen LogP contribution in [-0.2, 0) is 19.0 Å². The topological polar surface area (TPSA) is 68.2 Å². The lowest BCUT2D eigenvalue weighted by molar-refractivity contribution is -0.150. The standard InChI is InChI=1S/C14H23NO5/c1-18-13(17)12-6-11(16)8-15(12)10-2-4-20-14(7-10)3-5-19-9-14/h10-12,16H,2-9H2,1H3. The van der Waals surface area contributed by atoms with Crippen LogP contribution in [0.25, 0.3) is 0 Å². The van der Waals surface area contributed by atoms with E-state index in [1.807, 2.05) is 0 Å². The van der Waals surface area contributed by atoms with Gasteiger partial charge in [-0.15, -0.1) is 0 Å². The SMILES string of the molecule is COC(=O)C1CC(O)CN1C1CCOC2(CCOC2)C1. The minimum Gasteiger partial charge on any atom is -0.468 e. The van der Waals surface area contributed by atoms with Crippen molar-refractivity contribution in [3.05, 3.63) is 0 Å². The smallest absolute Gasteiger partial charge is 0.323 e. The first-order valence-corrected chi connectivity index (χ1v) is 7.37. The zero-order chi connectivity index (χ0) is 14.2. The van der Waals surface area contributed by atoms with E-state index in [2.05, 4.69) is 4.90 Å². The average molecular weight is 285 g/mol. The van der Waals surface area contributed by atoms with Gasteiger partial charge in [-0.2, -0.15) is 0 Å². The van der Waals surface area contributed by atoms with Gasteiger partial charge in [0.1, 0.15) is 6.04 Å². The predicted octanol–water partition coefficient (Wildman–Crippen LogP) is -0.0673. The second-order valence-electron chi connectivity index (χ2n) is 6.11. The number of β-amino-alcohol motifs (C(OH)–C–C–N with tert-alkyl or cyclic N) is 1. The van der Waals surface area contributed by atoms with Crippen LogP contribution in [-0.4, -0.2) is 73.2 Å². The molecule has 0 radical (unpaired) electrons. The Morgan fingerprint density at radius 1 is 1.45 bits per heavy atom. The van der Waals surface area contributed by atoms with E-state index in [0.717, 1.165) is 25.9 Å². The van der Waals surface area contributed by atoms with Crippen LogP contribution in [0, 0.1) is 0 Å². The largest absolute Gasteiger partial charge is 0.468 e. The number of esters is 1. The number of carbonyl (C=O) groups is 1. The molecule has 3 aliphatic rings. The number of ether oxygens (including phenoxy) is 3. The van der Waals surface area contributed by atoms with Gasteiger partial charge in [-0.1, -0.05) is 0 Å². The van der Waals surface area contributed by atoms with Crippen molar-refractivity contribution in [1.29, 1.82) is 0 Å².